The Bertz CT molecular complexity index is 1170. The molecule has 156 valence electrons. The maximum atomic E-state index is 6.06. The van der Waals surface area contributed by atoms with Crippen molar-refractivity contribution in [1.82, 2.24) is 4.98 Å². The van der Waals surface area contributed by atoms with Crippen LogP contribution in [0.2, 0.25) is 0 Å². The van der Waals surface area contributed by atoms with E-state index in [2.05, 4.69) is 104 Å². The first kappa shape index (κ1) is 21.4. The zero-order chi connectivity index (χ0) is 22.0. The molecular formula is C27H29N2OSi+. The molecule has 0 N–H and O–H groups in total. The van der Waals surface area contributed by atoms with Gasteiger partial charge < -0.3 is 9.32 Å². The summed E-state index contributed by atoms with van der Waals surface area (Å²) in [6.07, 6.45) is 2.01. The van der Waals surface area contributed by atoms with Crippen molar-refractivity contribution in [2.45, 2.75) is 51.5 Å². The highest BCUT2D eigenvalue weighted by molar-refractivity contribution is 6.15. The molecule has 0 aliphatic rings. The van der Waals surface area contributed by atoms with Crippen LogP contribution in [0.5, 0.6) is 0 Å². The Balaban J connectivity index is 1.84. The summed E-state index contributed by atoms with van der Waals surface area (Å²) in [5.41, 5.74) is 6.34. The van der Waals surface area contributed by atoms with E-state index in [1.807, 2.05) is 12.1 Å². The molecule has 0 spiro atoms. The van der Waals surface area contributed by atoms with Gasteiger partial charge in [0.15, 0.2) is 5.58 Å². The Morgan fingerprint density at radius 3 is 2.35 bits per heavy atom. The smallest absolute Gasteiger partial charge is 0.437 e. The molecule has 0 amide bonds. The van der Waals surface area contributed by atoms with Crippen LogP contribution in [0.1, 0.15) is 57.9 Å². The van der Waals surface area contributed by atoms with Gasteiger partial charge >= 0.3 is 10.2 Å². The lowest BCUT2D eigenvalue weighted by Crippen LogP contribution is -2.20. The van der Waals surface area contributed by atoms with Crippen LogP contribution in [0.15, 0.2) is 77.2 Å². The van der Waals surface area contributed by atoms with Crippen LogP contribution in [0.4, 0.5) is 17.1 Å². The van der Waals surface area contributed by atoms with E-state index in [1.165, 1.54) is 5.56 Å². The largest absolute Gasteiger partial charge is 0.723 e. The van der Waals surface area contributed by atoms with E-state index in [9.17, 15) is 0 Å². The zero-order valence-electron chi connectivity index (χ0n) is 18.7. The number of rotatable bonds is 7. The molecule has 0 saturated heterocycles. The topological polar surface area (TPSA) is 29.3 Å². The molecule has 0 aliphatic carbocycles. The quantitative estimate of drug-likeness (QED) is 0.285. The van der Waals surface area contributed by atoms with Gasteiger partial charge in [-0.05, 0) is 73.7 Å². The van der Waals surface area contributed by atoms with Crippen molar-refractivity contribution in [3.8, 4) is 0 Å². The molecule has 1 heterocycles. The average molecular weight is 426 g/mol. The average Bonchev–Trinajstić information content (AvgIpc) is 3.24. The van der Waals surface area contributed by atoms with Crippen LogP contribution >= 0.6 is 0 Å². The van der Waals surface area contributed by atoms with Crippen molar-refractivity contribution in [2.75, 3.05) is 4.90 Å². The number of hydrogen-bond acceptors (Lipinski definition) is 3. The van der Waals surface area contributed by atoms with E-state index in [1.54, 1.807) is 0 Å². The van der Waals surface area contributed by atoms with Crippen LogP contribution in [-0.4, -0.2) is 15.2 Å². The Labute approximate surface area is 188 Å². The number of anilines is 3. The predicted octanol–water partition coefficient (Wildman–Crippen LogP) is 7.60. The molecule has 0 fully saturated rings. The van der Waals surface area contributed by atoms with Gasteiger partial charge in [-0.15, -0.1) is 0 Å². The molecule has 31 heavy (non-hydrogen) atoms. The van der Waals surface area contributed by atoms with E-state index in [-0.39, 0.29) is 5.04 Å². The van der Waals surface area contributed by atoms with Crippen molar-refractivity contribution >= 4 is 38.4 Å². The Hall–Kier alpha value is -2.85. The summed E-state index contributed by atoms with van der Waals surface area (Å²) >= 11 is 0. The minimum atomic E-state index is -0.275. The fourth-order valence-electron chi connectivity index (χ4n) is 3.67. The summed E-state index contributed by atoms with van der Waals surface area (Å²) in [5.74, 6) is 1.23. The number of fused-ring (bicyclic) bond motifs is 1. The summed E-state index contributed by atoms with van der Waals surface area (Å²) in [6.45, 7) is 8.72. The zero-order valence-corrected chi connectivity index (χ0v) is 19.7. The molecule has 4 rings (SSSR count). The maximum Gasteiger partial charge on any atom is 0.723 e. The molecule has 2 radical (unpaired) electrons. The molecule has 0 bridgehead atoms. The third kappa shape index (κ3) is 4.31. The number of benzene rings is 3. The lowest BCUT2D eigenvalue weighted by atomic mass is 9.98. The lowest BCUT2D eigenvalue weighted by molar-refractivity contribution is 0.445. The molecule has 4 aromatic rings. The summed E-state index contributed by atoms with van der Waals surface area (Å²) in [6, 6.07) is 25.6. The molecule has 4 heteroatoms. The normalized spacial score (nSPS) is 14.3. The molecule has 3 nitrogen and oxygen atoms in total. The highest BCUT2D eigenvalue weighted by atomic mass is 28.1. The lowest BCUT2D eigenvalue weighted by Gasteiger charge is -2.26. The van der Waals surface area contributed by atoms with Crippen molar-refractivity contribution < 1.29 is 4.42 Å². The first-order chi connectivity index (χ1) is 14.9. The van der Waals surface area contributed by atoms with E-state index in [0.717, 1.165) is 41.0 Å². The van der Waals surface area contributed by atoms with Crippen LogP contribution in [-0.2, 0) is 5.04 Å². The number of oxazole rings is 1. The molecule has 3 aromatic carbocycles. The molecule has 2 unspecified atom stereocenters. The number of aromatic nitrogens is 1. The van der Waals surface area contributed by atoms with Crippen LogP contribution in [0.3, 0.4) is 0 Å². The van der Waals surface area contributed by atoms with Crippen LogP contribution in [0.25, 0.3) is 11.1 Å². The van der Waals surface area contributed by atoms with Gasteiger partial charge in [0.2, 0.25) is 10.9 Å². The first-order valence-electron chi connectivity index (χ1n) is 11.0. The van der Waals surface area contributed by atoms with Crippen molar-refractivity contribution in [2.24, 2.45) is 0 Å². The second-order valence-corrected chi connectivity index (χ2v) is 9.54. The minimum Gasteiger partial charge on any atom is -0.437 e. The van der Waals surface area contributed by atoms with E-state index < -0.39 is 0 Å². The SMILES string of the molecule is CCC(C)c1cccc(N(c2ccccc2)c2ccc3oc(C(C)([Si+])CC)nc3c2)c1. The monoisotopic (exact) mass is 425 g/mol. The van der Waals surface area contributed by atoms with Gasteiger partial charge in [-0.25, -0.2) is 4.98 Å². The van der Waals surface area contributed by atoms with Gasteiger partial charge in [0.25, 0.3) is 0 Å². The molecule has 0 aliphatic heterocycles. The van der Waals surface area contributed by atoms with Crippen molar-refractivity contribution in [1.29, 1.82) is 0 Å². The van der Waals surface area contributed by atoms with Gasteiger partial charge in [-0.2, -0.15) is 0 Å². The number of hydrogen-bond donors (Lipinski definition) is 0. The summed E-state index contributed by atoms with van der Waals surface area (Å²) in [7, 11) is 3.81. The van der Waals surface area contributed by atoms with Gasteiger partial charge in [-0.3, -0.25) is 0 Å². The molecule has 0 saturated carbocycles. The highest BCUT2D eigenvalue weighted by Crippen LogP contribution is 2.38. The van der Waals surface area contributed by atoms with Gasteiger partial charge in [0, 0.05) is 17.1 Å². The van der Waals surface area contributed by atoms with E-state index >= 15 is 0 Å². The van der Waals surface area contributed by atoms with Gasteiger partial charge in [0.05, 0.1) is 0 Å². The summed E-state index contributed by atoms with van der Waals surface area (Å²) in [4.78, 5) is 7.09. The number of para-hydroxylation sites is 1. The Morgan fingerprint density at radius 2 is 1.65 bits per heavy atom. The van der Waals surface area contributed by atoms with Crippen LogP contribution < -0.4 is 4.90 Å². The summed E-state index contributed by atoms with van der Waals surface area (Å²) < 4.78 is 6.06. The minimum absolute atomic E-state index is 0.275. The van der Waals surface area contributed by atoms with E-state index in [4.69, 9.17) is 9.40 Å². The van der Waals surface area contributed by atoms with Gasteiger partial charge in [0.1, 0.15) is 5.52 Å². The van der Waals surface area contributed by atoms with Gasteiger partial charge in [-0.1, -0.05) is 51.1 Å². The highest BCUT2D eigenvalue weighted by Gasteiger charge is 2.40. The second-order valence-electron chi connectivity index (χ2n) is 8.43. The number of nitrogens with zero attached hydrogens (tertiary/aromatic N) is 2. The third-order valence-corrected chi connectivity index (χ3v) is 6.70. The Morgan fingerprint density at radius 1 is 0.935 bits per heavy atom. The predicted molar refractivity (Wildman–Crippen MR) is 131 cm³/mol. The Kier molecular flexibility index (Phi) is 6.01. The van der Waals surface area contributed by atoms with Crippen LogP contribution in [0, 0.1) is 0 Å². The molecular weight excluding hydrogens is 396 g/mol. The molecule has 1 aromatic heterocycles. The first-order valence-corrected chi connectivity index (χ1v) is 11.5. The fraction of sp³-hybridized carbons (Fsp3) is 0.296. The second kappa shape index (κ2) is 8.72. The van der Waals surface area contributed by atoms with Crippen molar-refractivity contribution in [3.63, 3.8) is 0 Å². The van der Waals surface area contributed by atoms with E-state index in [0.29, 0.717) is 11.8 Å². The molecule has 2 atom stereocenters. The fourth-order valence-corrected chi connectivity index (χ4v) is 3.78. The third-order valence-electron chi connectivity index (χ3n) is 6.13. The standard InChI is InChI=1S/C27H29N2OSi/c1-5-19(3)20-11-10-14-22(17-20)29(21-12-8-7-9-13-21)23-15-16-25-24(18-23)28-26(30-25)27(4,31)6-2/h7-19H,5-6H2,1-4H3/q+1. The summed E-state index contributed by atoms with van der Waals surface area (Å²) in [5, 5.41) is -0.275. The maximum absolute atomic E-state index is 6.06. The van der Waals surface area contributed by atoms with Crippen molar-refractivity contribution in [3.05, 3.63) is 84.3 Å².